The molecule has 2 amide bonds. The van der Waals surface area contributed by atoms with Gasteiger partial charge in [0.2, 0.25) is 0 Å². The smallest absolute Gasteiger partial charge is 0.296 e. The fourth-order valence-electron chi connectivity index (χ4n) is 5.74. The first-order valence-corrected chi connectivity index (χ1v) is 12.4. The van der Waals surface area contributed by atoms with Crippen LogP contribution in [0, 0.1) is 0 Å². The lowest BCUT2D eigenvalue weighted by Gasteiger charge is -2.34. The second-order valence-electron chi connectivity index (χ2n) is 9.90. The first-order chi connectivity index (χ1) is 17.2. The predicted molar refractivity (Wildman–Crippen MR) is 136 cm³/mol. The molecule has 188 valence electrons. The summed E-state index contributed by atoms with van der Waals surface area (Å²) in [5, 5.41) is 11.6. The summed E-state index contributed by atoms with van der Waals surface area (Å²) in [6, 6.07) is 12.4. The number of likely N-dealkylation sites (tertiary alicyclic amines) is 1. The second-order valence-corrected chi connectivity index (χ2v) is 9.90. The molecule has 3 aliphatic rings. The number of carbonyl (C=O) groups excluding carboxylic acids is 3. The summed E-state index contributed by atoms with van der Waals surface area (Å²) >= 11 is 0. The summed E-state index contributed by atoms with van der Waals surface area (Å²) in [4.78, 5) is 46.3. The van der Waals surface area contributed by atoms with Gasteiger partial charge in [-0.2, -0.15) is 0 Å². The van der Waals surface area contributed by atoms with Gasteiger partial charge in [0.05, 0.1) is 11.3 Å². The Hall–Kier alpha value is -3.65. The number of ketones is 1. The molecule has 36 heavy (non-hydrogen) atoms. The number of rotatable bonds is 6. The van der Waals surface area contributed by atoms with Crippen molar-refractivity contribution in [2.45, 2.75) is 38.3 Å². The zero-order valence-electron chi connectivity index (χ0n) is 21.1. The molecule has 3 heterocycles. The lowest BCUT2D eigenvalue weighted by molar-refractivity contribution is -0.143. The third-order valence-corrected chi connectivity index (χ3v) is 7.28. The number of benzene rings is 2. The summed E-state index contributed by atoms with van der Waals surface area (Å²) < 4.78 is 5.78. The maximum atomic E-state index is 14.2. The molecule has 3 aliphatic heterocycles. The van der Waals surface area contributed by atoms with E-state index in [1.165, 1.54) is 4.90 Å². The summed E-state index contributed by atoms with van der Waals surface area (Å²) in [7, 11) is 3.86. The van der Waals surface area contributed by atoms with Crippen LogP contribution < -0.4 is 9.64 Å². The van der Waals surface area contributed by atoms with Crippen LogP contribution in [-0.4, -0.2) is 72.3 Å². The van der Waals surface area contributed by atoms with Gasteiger partial charge >= 0.3 is 0 Å². The van der Waals surface area contributed by atoms with Crippen molar-refractivity contribution in [2.24, 2.45) is 0 Å². The lowest BCUT2D eigenvalue weighted by atomic mass is 9.81. The molecule has 1 N–H and O–H groups in total. The van der Waals surface area contributed by atoms with Crippen LogP contribution in [0.3, 0.4) is 0 Å². The highest BCUT2D eigenvalue weighted by Gasteiger charge is 2.66. The molecule has 0 aliphatic carbocycles. The number of carbonyl (C=O) groups is 3. The second kappa shape index (κ2) is 8.78. The van der Waals surface area contributed by atoms with E-state index in [0.29, 0.717) is 42.7 Å². The number of hydrogen-bond donors (Lipinski definition) is 1. The molecule has 8 nitrogen and oxygen atoms in total. The summed E-state index contributed by atoms with van der Waals surface area (Å²) in [6.07, 6.45) is 1.25. The van der Waals surface area contributed by atoms with Crippen molar-refractivity contribution in [3.63, 3.8) is 0 Å². The molecule has 1 spiro atoms. The molecule has 0 saturated carbocycles. The number of Topliss-reactive ketones (excluding diaryl/α,β-unsaturated/α-hetero) is 1. The Morgan fingerprint density at radius 1 is 1.17 bits per heavy atom. The zero-order chi connectivity index (χ0) is 25.8. The van der Waals surface area contributed by atoms with Gasteiger partial charge in [0.25, 0.3) is 17.6 Å². The zero-order valence-corrected chi connectivity index (χ0v) is 21.1. The van der Waals surface area contributed by atoms with Gasteiger partial charge in [-0.05, 0) is 70.7 Å². The standard InChI is InChI=1S/C28H31N3O5/c1-5-30-21-10-7-6-9-20(21)28(27(30)35)23(25(33)26(34)31(28)14-8-13-29(3)4)24(32)18-11-12-22-19(16-18)15-17(2)36-22/h6-7,9-12,16-17,32H,5,8,13-15H2,1-4H3/b24-23+. The minimum absolute atomic E-state index is 0.0136. The Kier molecular flexibility index (Phi) is 5.87. The van der Waals surface area contributed by atoms with Crippen LogP contribution in [-0.2, 0) is 26.3 Å². The first-order valence-electron chi connectivity index (χ1n) is 12.4. The molecule has 8 heteroatoms. The van der Waals surface area contributed by atoms with E-state index < -0.39 is 23.1 Å². The molecule has 5 rings (SSSR count). The van der Waals surface area contributed by atoms with Crippen molar-refractivity contribution in [1.29, 1.82) is 0 Å². The van der Waals surface area contributed by atoms with Crippen LogP contribution >= 0.6 is 0 Å². The SMILES string of the molecule is CCN1C(=O)C2(/C(=C(/O)c3ccc4c(c3)CC(C)O4)C(=O)C(=O)N2CCCN(C)C)c2ccccc21. The molecular formula is C28H31N3O5. The van der Waals surface area contributed by atoms with Crippen LogP contribution in [0.2, 0.25) is 0 Å². The number of aliphatic hydroxyl groups is 1. The van der Waals surface area contributed by atoms with Crippen LogP contribution in [0.5, 0.6) is 5.75 Å². The van der Waals surface area contributed by atoms with E-state index in [1.54, 1.807) is 35.2 Å². The van der Waals surface area contributed by atoms with Crippen LogP contribution in [0.15, 0.2) is 48.0 Å². The Bertz CT molecular complexity index is 1300. The number of anilines is 1. The number of aliphatic hydroxyl groups excluding tert-OH is 1. The average molecular weight is 490 g/mol. The van der Waals surface area contributed by atoms with E-state index >= 15 is 0 Å². The largest absolute Gasteiger partial charge is 0.507 e. The number of para-hydroxylation sites is 1. The Morgan fingerprint density at radius 2 is 1.92 bits per heavy atom. The van der Waals surface area contributed by atoms with Crippen molar-refractivity contribution in [3.05, 3.63) is 64.7 Å². The average Bonchev–Trinajstić information content (AvgIpc) is 3.42. The van der Waals surface area contributed by atoms with Crippen molar-refractivity contribution in [2.75, 3.05) is 38.6 Å². The van der Waals surface area contributed by atoms with Crippen LogP contribution in [0.1, 0.15) is 37.0 Å². The number of amides is 2. The van der Waals surface area contributed by atoms with Crippen LogP contribution in [0.25, 0.3) is 5.76 Å². The maximum Gasteiger partial charge on any atom is 0.296 e. The van der Waals surface area contributed by atoms with E-state index in [9.17, 15) is 19.5 Å². The van der Waals surface area contributed by atoms with Gasteiger partial charge in [-0.1, -0.05) is 18.2 Å². The first kappa shape index (κ1) is 24.1. The van der Waals surface area contributed by atoms with Crippen molar-refractivity contribution in [3.8, 4) is 5.75 Å². The molecule has 2 atom stereocenters. The van der Waals surface area contributed by atoms with Gasteiger partial charge < -0.3 is 24.5 Å². The Labute approximate surface area is 210 Å². The highest BCUT2D eigenvalue weighted by atomic mass is 16.5. The normalized spacial score (nSPS) is 24.1. The van der Waals surface area contributed by atoms with Crippen LogP contribution in [0.4, 0.5) is 5.69 Å². The summed E-state index contributed by atoms with van der Waals surface area (Å²) in [5.74, 6) is -1.61. The highest BCUT2D eigenvalue weighted by Crippen LogP contribution is 2.53. The molecule has 2 aromatic carbocycles. The van der Waals surface area contributed by atoms with Crippen molar-refractivity contribution in [1.82, 2.24) is 9.80 Å². The number of nitrogens with zero attached hydrogens (tertiary/aromatic N) is 3. The molecular weight excluding hydrogens is 458 g/mol. The fourth-order valence-corrected chi connectivity index (χ4v) is 5.74. The number of ether oxygens (including phenoxy) is 1. The van der Waals surface area contributed by atoms with E-state index in [1.807, 2.05) is 45.0 Å². The van der Waals surface area contributed by atoms with Gasteiger partial charge in [0.15, 0.2) is 5.54 Å². The van der Waals surface area contributed by atoms with E-state index in [-0.39, 0.29) is 24.0 Å². The number of hydrogen-bond acceptors (Lipinski definition) is 6. The fraction of sp³-hybridized carbons (Fsp3) is 0.393. The quantitative estimate of drug-likeness (QED) is 0.381. The van der Waals surface area contributed by atoms with Crippen molar-refractivity contribution >= 4 is 29.0 Å². The molecule has 1 fully saturated rings. The summed E-state index contributed by atoms with van der Waals surface area (Å²) in [5.41, 5.74) is 0.608. The molecule has 0 aromatic heterocycles. The number of likely N-dealkylation sites (N-methyl/N-ethyl adjacent to an activating group) is 1. The van der Waals surface area contributed by atoms with Crippen molar-refractivity contribution < 1.29 is 24.2 Å². The molecule has 0 bridgehead atoms. The lowest BCUT2D eigenvalue weighted by Crippen LogP contribution is -2.52. The summed E-state index contributed by atoms with van der Waals surface area (Å²) in [6.45, 7) is 5.06. The Morgan fingerprint density at radius 3 is 2.64 bits per heavy atom. The minimum Gasteiger partial charge on any atom is -0.507 e. The van der Waals surface area contributed by atoms with Gasteiger partial charge in [-0.25, -0.2) is 0 Å². The monoisotopic (exact) mass is 489 g/mol. The minimum atomic E-state index is -1.71. The van der Waals surface area contributed by atoms with E-state index in [4.69, 9.17) is 4.74 Å². The third kappa shape index (κ3) is 3.35. The topological polar surface area (TPSA) is 90.4 Å². The van der Waals surface area contributed by atoms with Gasteiger partial charge in [0.1, 0.15) is 17.6 Å². The molecule has 2 aromatic rings. The van der Waals surface area contributed by atoms with E-state index in [2.05, 4.69) is 0 Å². The number of fused-ring (bicyclic) bond motifs is 3. The van der Waals surface area contributed by atoms with E-state index in [0.717, 1.165) is 11.3 Å². The molecule has 1 saturated heterocycles. The highest BCUT2D eigenvalue weighted by molar-refractivity contribution is 6.50. The maximum absolute atomic E-state index is 14.2. The predicted octanol–water partition coefficient (Wildman–Crippen LogP) is 2.90. The van der Waals surface area contributed by atoms with Gasteiger partial charge in [0, 0.05) is 30.6 Å². The molecule has 0 radical (unpaired) electrons. The van der Waals surface area contributed by atoms with Gasteiger partial charge in [-0.15, -0.1) is 0 Å². The Balaban J connectivity index is 1.74. The third-order valence-electron chi connectivity index (χ3n) is 7.28. The molecule has 2 unspecified atom stereocenters. The van der Waals surface area contributed by atoms with Gasteiger partial charge in [-0.3, -0.25) is 14.4 Å².